The lowest BCUT2D eigenvalue weighted by atomic mass is 9.88. The first kappa shape index (κ1) is 17.5. The molecule has 0 heterocycles. The maximum atomic E-state index is 11.9. The monoisotopic (exact) mass is 319 g/mol. The van der Waals surface area contributed by atoms with Gasteiger partial charge < -0.3 is 15.2 Å². The second-order valence-corrected chi connectivity index (χ2v) is 6.25. The molecule has 2 atom stereocenters. The van der Waals surface area contributed by atoms with Gasteiger partial charge in [0, 0.05) is 12.1 Å². The zero-order valence-electron chi connectivity index (χ0n) is 13.6. The number of nitrogens with one attached hydrogen (secondary N) is 1. The minimum atomic E-state index is -0.809. The Morgan fingerprint density at radius 2 is 1.91 bits per heavy atom. The number of carboxylic acids is 1. The van der Waals surface area contributed by atoms with Gasteiger partial charge in [-0.25, -0.2) is 0 Å². The van der Waals surface area contributed by atoms with Gasteiger partial charge in [-0.05, 0) is 42.9 Å². The molecule has 2 rings (SSSR count). The van der Waals surface area contributed by atoms with Crippen LogP contribution in [0.5, 0.6) is 0 Å². The second kappa shape index (κ2) is 8.67. The summed E-state index contributed by atoms with van der Waals surface area (Å²) in [7, 11) is 0. The molecule has 0 radical (unpaired) electrons. The van der Waals surface area contributed by atoms with Crippen LogP contribution in [0, 0.1) is 5.92 Å². The number of rotatable bonds is 7. The van der Waals surface area contributed by atoms with E-state index in [0.717, 1.165) is 12.0 Å². The maximum absolute atomic E-state index is 11.9. The summed E-state index contributed by atoms with van der Waals surface area (Å²) in [6, 6.07) is 7.25. The molecule has 23 heavy (non-hydrogen) atoms. The van der Waals surface area contributed by atoms with Crippen LogP contribution in [0.2, 0.25) is 0 Å². The lowest BCUT2D eigenvalue weighted by Crippen LogP contribution is -2.29. The van der Waals surface area contributed by atoms with Gasteiger partial charge in [0.05, 0.1) is 6.10 Å². The van der Waals surface area contributed by atoms with Crippen molar-refractivity contribution in [2.45, 2.75) is 51.6 Å². The molecule has 1 saturated carbocycles. The number of carboxylic acid groups (broad SMARTS) is 1. The van der Waals surface area contributed by atoms with Crippen LogP contribution in [0.3, 0.4) is 0 Å². The fourth-order valence-electron chi connectivity index (χ4n) is 2.92. The Balaban J connectivity index is 1.75. The summed E-state index contributed by atoms with van der Waals surface area (Å²) in [5.41, 5.74) is 1.65. The first-order chi connectivity index (χ1) is 11.0. The van der Waals surface area contributed by atoms with Crippen LogP contribution in [0.1, 0.15) is 44.6 Å². The molecule has 126 valence electrons. The van der Waals surface area contributed by atoms with Crippen LogP contribution in [0.25, 0.3) is 0 Å². The Morgan fingerprint density at radius 1 is 1.22 bits per heavy atom. The molecule has 1 aliphatic rings. The highest BCUT2D eigenvalue weighted by Crippen LogP contribution is 2.26. The van der Waals surface area contributed by atoms with E-state index in [1.54, 1.807) is 12.1 Å². The topological polar surface area (TPSA) is 75.6 Å². The Kier molecular flexibility index (Phi) is 6.59. The third-order valence-electron chi connectivity index (χ3n) is 4.33. The fourth-order valence-corrected chi connectivity index (χ4v) is 2.92. The van der Waals surface area contributed by atoms with Crippen LogP contribution < -0.4 is 5.32 Å². The summed E-state index contributed by atoms with van der Waals surface area (Å²) in [6.07, 6.45) is 5.42. The molecule has 1 aromatic carbocycles. The minimum Gasteiger partial charge on any atom is -0.481 e. The van der Waals surface area contributed by atoms with Crippen molar-refractivity contribution in [1.82, 2.24) is 0 Å². The van der Waals surface area contributed by atoms with E-state index >= 15 is 0 Å². The van der Waals surface area contributed by atoms with Crippen LogP contribution in [-0.2, 0) is 20.7 Å². The van der Waals surface area contributed by atoms with Gasteiger partial charge in [0.25, 0.3) is 0 Å². The van der Waals surface area contributed by atoms with Gasteiger partial charge in [0.15, 0.2) is 0 Å². The number of hydrogen-bond acceptors (Lipinski definition) is 3. The van der Waals surface area contributed by atoms with E-state index in [1.807, 2.05) is 12.1 Å². The number of hydrogen-bond donors (Lipinski definition) is 2. The van der Waals surface area contributed by atoms with Gasteiger partial charge in [-0.3, -0.25) is 9.59 Å². The van der Waals surface area contributed by atoms with E-state index in [4.69, 9.17) is 9.84 Å². The number of benzene rings is 1. The molecule has 1 aliphatic carbocycles. The second-order valence-electron chi connectivity index (χ2n) is 6.25. The average Bonchev–Trinajstić information content (AvgIpc) is 2.53. The number of amides is 1. The van der Waals surface area contributed by atoms with Crippen molar-refractivity contribution in [2.75, 3.05) is 11.9 Å². The van der Waals surface area contributed by atoms with Crippen LogP contribution in [0.4, 0.5) is 5.69 Å². The first-order valence-electron chi connectivity index (χ1n) is 8.27. The average molecular weight is 319 g/mol. The number of aryl methyl sites for hydroxylation is 1. The number of carbonyl (C=O) groups is 2. The van der Waals surface area contributed by atoms with Crippen molar-refractivity contribution >= 4 is 17.6 Å². The van der Waals surface area contributed by atoms with E-state index in [0.29, 0.717) is 18.0 Å². The van der Waals surface area contributed by atoms with Crippen molar-refractivity contribution in [3.05, 3.63) is 29.8 Å². The third-order valence-corrected chi connectivity index (χ3v) is 4.33. The smallest absolute Gasteiger partial charge is 0.303 e. The predicted molar refractivity (Wildman–Crippen MR) is 88.4 cm³/mol. The molecule has 0 spiro atoms. The fraction of sp³-hybridized carbons (Fsp3) is 0.556. The van der Waals surface area contributed by atoms with Crippen molar-refractivity contribution in [2.24, 2.45) is 5.92 Å². The van der Waals surface area contributed by atoms with E-state index in [-0.39, 0.29) is 25.0 Å². The van der Waals surface area contributed by atoms with E-state index in [2.05, 4.69) is 12.2 Å². The van der Waals surface area contributed by atoms with E-state index in [9.17, 15) is 9.59 Å². The zero-order valence-corrected chi connectivity index (χ0v) is 13.6. The molecule has 2 unspecified atom stereocenters. The largest absolute Gasteiger partial charge is 0.481 e. The molecule has 5 nitrogen and oxygen atoms in total. The molecule has 0 aliphatic heterocycles. The van der Waals surface area contributed by atoms with Crippen molar-refractivity contribution in [1.29, 1.82) is 0 Å². The van der Waals surface area contributed by atoms with Gasteiger partial charge in [0.1, 0.15) is 6.61 Å². The van der Waals surface area contributed by atoms with Crippen molar-refractivity contribution < 1.29 is 19.4 Å². The minimum absolute atomic E-state index is 0.0791. The summed E-state index contributed by atoms with van der Waals surface area (Å²) in [6.45, 7) is 2.26. The molecular formula is C18H25NO4. The molecule has 1 aromatic rings. The third kappa shape index (κ3) is 6.02. The highest BCUT2D eigenvalue weighted by molar-refractivity contribution is 5.91. The number of carbonyl (C=O) groups excluding carboxylic acids is 1. The Morgan fingerprint density at radius 3 is 2.57 bits per heavy atom. The maximum Gasteiger partial charge on any atom is 0.303 e. The molecular weight excluding hydrogens is 294 g/mol. The van der Waals surface area contributed by atoms with E-state index in [1.165, 1.54) is 19.3 Å². The highest BCUT2D eigenvalue weighted by Gasteiger charge is 2.22. The van der Waals surface area contributed by atoms with Crippen molar-refractivity contribution in [3.8, 4) is 0 Å². The zero-order chi connectivity index (χ0) is 16.7. The van der Waals surface area contributed by atoms with E-state index < -0.39 is 5.97 Å². The molecule has 5 heteroatoms. The molecule has 0 bridgehead atoms. The standard InChI is InChI=1S/C18H25NO4/c1-13-4-2-3-5-16(13)23-12-17(20)19-15-9-6-14(7-10-15)8-11-18(21)22/h6-7,9-10,13,16H,2-5,8,11-12H2,1H3,(H,19,20)(H,21,22). The van der Waals surface area contributed by atoms with Crippen LogP contribution in [-0.4, -0.2) is 29.7 Å². The van der Waals surface area contributed by atoms with Crippen molar-refractivity contribution in [3.63, 3.8) is 0 Å². The lowest BCUT2D eigenvalue weighted by Gasteiger charge is -2.28. The number of aliphatic carboxylic acids is 1. The van der Waals surface area contributed by atoms with Gasteiger partial charge in [-0.1, -0.05) is 31.9 Å². The Hall–Kier alpha value is -1.88. The number of anilines is 1. The van der Waals surface area contributed by atoms with Gasteiger partial charge >= 0.3 is 5.97 Å². The highest BCUT2D eigenvalue weighted by atomic mass is 16.5. The number of ether oxygens (including phenoxy) is 1. The quantitative estimate of drug-likeness (QED) is 0.809. The lowest BCUT2D eigenvalue weighted by molar-refractivity contribution is -0.137. The predicted octanol–water partition coefficient (Wildman–Crippen LogP) is 3.24. The van der Waals surface area contributed by atoms with Crippen LogP contribution in [0.15, 0.2) is 24.3 Å². The summed E-state index contributed by atoms with van der Waals surface area (Å²) in [5, 5.41) is 11.5. The Bertz CT molecular complexity index is 526. The van der Waals surface area contributed by atoms with Gasteiger partial charge in [-0.15, -0.1) is 0 Å². The molecule has 2 N–H and O–H groups in total. The summed E-state index contributed by atoms with van der Waals surface area (Å²) >= 11 is 0. The summed E-state index contributed by atoms with van der Waals surface area (Å²) in [5.74, 6) is -0.442. The molecule has 1 amide bonds. The summed E-state index contributed by atoms with van der Waals surface area (Å²) in [4.78, 5) is 22.5. The SMILES string of the molecule is CC1CCCCC1OCC(=O)Nc1ccc(CCC(=O)O)cc1. The molecule has 0 aromatic heterocycles. The molecule has 1 fully saturated rings. The Labute approximate surface area is 137 Å². The summed E-state index contributed by atoms with van der Waals surface area (Å²) < 4.78 is 5.74. The normalized spacial score (nSPS) is 20.9. The van der Waals surface area contributed by atoms with Gasteiger partial charge in [-0.2, -0.15) is 0 Å². The first-order valence-corrected chi connectivity index (χ1v) is 8.27. The molecule has 0 saturated heterocycles. The van der Waals surface area contributed by atoms with Crippen LogP contribution >= 0.6 is 0 Å². The van der Waals surface area contributed by atoms with Gasteiger partial charge in [0.2, 0.25) is 5.91 Å².